The molecule has 0 aliphatic heterocycles. The lowest BCUT2D eigenvalue weighted by molar-refractivity contribution is 0.542. The quantitative estimate of drug-likeness (QED) is 0.774. The molecule has 0 aromatic heterocycles. The number of sulfonamides is 1. The van der Waals surface area contributed by atoms with Gasteiger partial charge in [-0.1, -0.05) is 31.5 Å². The van der Waals surface area contributed by atoms with Crippen molar-refractivity contribution in [3.63, 3.8) is 0 Å². The van der Waals surface area contributed by atoms with Gasteiger partial charge in [0.2, 0.25) is 10.0 Å². The standard InChI is InChI=1S/C15H24N2O2S/c1-3-6-12(2)17-20(18,19)15-8-5-4-7-13(15)11-16-14-9-10-14/h4-5,7-8,12,14,16-17H,3,6,9-11H2,1-2H3. The van der Waals surface area contributed by atoms with Gasteiger partial charge in [-0.05, 0) is 37.8 Å². The molecule has 1 aliphatic carbocycles. The van der Waals surface area contributed by atoms with Gasteiger partial charge in [-0.15, -0.1) is 0 Å². The molecule has 0 saturated heterocycles. The van der Waals surface area contributed by atoms with Gasteiger partial charge in [0.1, 0.15) is 0 Å². The van der Waals surface area contributed by atoms with Crippen molar-refractivity contribution in [3.05, 3.63) is 29.8 Å². The van der Waals surface area contributed by atoms with Crippen molar-refractivity contribution in [2.24, 2.45) is 0 Å². The van der Waals surface area contributed by atoms with Gasteiger partial charge in [0.05, 0.1) is 4.90 Å². The molecule has 20 heavy (non-hydrogen) atoms. The number of hydrogen-bond acceptors (Lipinski definition) is 3. The van der Waals surface area contributed by atoms with Gasteiger partial charge in [0.15, 0.2) is 0 Å². The van der Waals surface area contributed by atoms with Crippen LogP contribution in [0.3, 0.4) is 0 Å². The van der Waals surface area contributed by atoms with Crippen LogP contribution >= 0.6 is 0 Å². The minimum Gasteiger partial charge on any atom is -0.310 e. The van der Waals surface area contributed by atoms with Crippen LogP contribution in [0.15, 0.2) is 29.2 Å². The zero-order valence-corrected chi connectivity index (χ0v) is 13.0. The Hall–Kier alpha value is -0.910. The number of hydrogen-bond donors (Lipinski definition) is 2. The predicted octanol–water partition coefficient (Wildman–Crippen LogP) is 2.41. The smallest absolute Gasteiger partial charge is 0.241 e. The number of nitrogens with one attached hydrogen (secondary N) is 2. The normalized spacial score (nSPS) is 17.1. The Morgan fingerprint density at radius 3 is 2.65 bits per heavy atom. The summed E-state index contributed by atoms with van der Waals surface area (Å²) in [5.74, 6) is 0. The predicted molar refractivity (Wildman–Crippen MR) is 81.0 cm³/mol. The van der Waals surface area contributed by atoms with Crippen LogP contribution in [-0.4, -0.2) is 20.5 Å². The highest BCUT2D eigenvalue weighted by atomic mass is 32.2. The third-order valence-electron chi connectivity index (χ3n) is 3.50. The zero-order chi connectivity index (χ0) is 14.6. The first-order valence-corrected chi connectivity index (χ1v) is 8.85. The third-order valence-corrected chi connectivity index (χ3v) is 5.19. The summed E-state index contributed by atoms with van der Waals surface area (Å²) in [4.78, 5) is 0.399. The van der Waals surface area contributed by atoms with E-state index in [4.69, 9.17) is 0 Å². The highest BCUT2D eigenvalue weighted by Gasteiger charge is 2.23. The van der Waals surface area contributed by atoms with Crippen molar-refractivity contribution in [2.45, 2.75) is 63.1 Å². The fourth-order valence-corrected chi connectivity index (χ4v) is 3.79. The minimum atomic E-state index is -3.43. The van der Waals surface area contributed by atoms with Crippen LogP contribution in [0.4, 0.5) is 0 Å². The van der Waals surface area contributed by atoms with Crippen molar-refractivity contribution >= 4 is 10.0 Å². The molecule has 1 atom stereocenters. The summed E-state index contributed by atoms with van der Waals surface area (Å²) in [5.41, 5.74) is 0.843. The molecular formula is C15H24N2O2S. The largest absolute Gasteiger partial charge is 0.310 e. The van der Waals surface area contributed by atoms with E-state index in [2.05, 4.69) is 17.0 Å². The summed E-state index contributed by atoms with van der Waals surface area (Å²) in [6.45, 7) is 4.58. The molecule has 112 valence electrons. The average Bonchev–Trinajstić information content (AvgIpc) is 3.20. The lowest BCUT2D eigenvalue weighted by Gasteiger charge is -2.16. The molecule has 1 aromatic rings. The van der Waals surface area contributed by atoms with Crippen molar-refractivity contribution in [1.82, 2.24) is 10.0 Å². The maximum Gasteiger partial charge on any atom is 0.241 e. The van der Waals surface area contributed by atoms with Crippen LogP contribution in [0, 0.1) is 0 Å². The topological polar surface area (TPSA) is 58.2 Å². The van der Waals surface area contributed by atoms with E-state index in [9.17, 15) is 8.42 Å². The molecule has 2 N–H and O–H groups in total. The third kappa shape index (κ3) is 4.30. The van der Waals surface area contributed by atoms with Crippen molar-refractivity contribution in [1.29, 1.82) is 0 Å². The monoisotopic (exact) mass is 296 g/mol. The summed E-state index contributed by atoms with van der Waals surface area (Å²) in [5, 5.41) is 3.37. The number of rotatable bonds is 8. The van der Waals surface area contributed by atoms with Gasteiger partial charge in [-0.3, -0.25) is 0 Å². The van der Waals surface area contributed by atoms with E-state index < -0.39 is 10.0 Å². The molecule has 0 amide bonds. The Morgan fingerprint density at radius 2 is 2.00 bits per heavy atom. The average molecular weight is 296 g/mol. The van der Waals surface area contributed by atoms with Crippen molar-refractivity contribution < 1.29 is 8.42 Å². The maximum absolute atomic E-state index is 12.5. The van der Waals surface area contributed by atoms with Gasteiger partial charge in [0, 0.05) is 18.6 Å². The van der Waals surface area contributed by atoms with Crippen LogP contribution in [0.1, 0.15) is 45.1 Å². The first-order chi connectivity index (χ1) is 9.53. The second-order valence-electron chi connectivity index (χ2n) is 5.57. The van der Waals surface area contributed by atoms with E-state index in [1.807, 2.05) is 19.1 Å². The Morgan fingerprint density at radius 1 is 1.30 bits per heavy atom. The first kappa shape index (κ1) is 15.5. The maximum atomic E-state index is 12.5. The molecule has 0 bridgehead atoms. The molecule has 1 aliphatic rings. The lowest BCUT2D eigenvalue weighted by Crippen LogP contribution is -2.33. The first-order valence-electron chi connectivity index (χ1n) is 7.36. The minimum absolute atomic E-state index is 0.0329. The summed E-state index contributed by atoms with van der Waals surface area (Å²) >= 11 is 0. The van der Waals surface area contributed by atoms with E-state index in [0.29, 0.717) is 17.5 Å². The van der Waals surface area contributed by atoms with E-state index in [-0.39, 0.29) is 6.04 Å². The Labute approximate surface area is 122 Å². The van der Waals surface area contributed by atoms with Crippen molar-refractivity contribution in [2.75, 3.05) is 0 Å². The Balaban J connectivity index is 2.12. The second-order valence-corrected chi connectivity index (χ2v) is 7.26. The molecule has 5 heteroatoms. The molecule has 4 nitrogen and oxygen atoms in total. The molecule has 1 unspecified atom stereocenters. The molecule has 1 saturated carbocycles. The van der Waals surface area contributed by atoms with Crippen LogP contribution in [0.2, 0.25) is 0 Å². The van der Waals surface area contributed by atoms with Gasteiger partial charge in [0.25, 0.3) is 0 Å². The van der Waals surface area contributed by atoms with Gasteiger partial charge in [-0.25, -0.2) is 13.1 Å². The van der Waals surface area contributed by atoms with Gasteiger partial charge >= 0.3 is 0 Å². The van der Waals surface area contributed by atoms with E-state index in [1.54, 1.807) is 12.1 Å². The Bertz CT molecular complexity index is 539. The van der Waals surface area contributed by atoms with Gasteiger partial charge in [-0.2, -0.15) is 0 Å². The molecule has 0 spiro atoms. The summed E-state index contributed by atoms with van der Waals surface area (Å²) < 4.78 is 27.7. The van der Waals surface area contributed by atoms with Gasteiger partial charge < -0.3 is 5.32 Å². The SMILES string of the molecule is CCCC(C)NS(=O)(=O)c1ccccc1CNC1CC1. The van der Waals surface area contributed by atoms with Crippen LogP contribution in [0.25, 0.3) is 0 Å². The molecule has 0 heterocycles. The molecule has 1 aromatic carbocycles. The summed E-state index contributed by atoms with van der Waals surface area (Å²) in [6, 6.07) is 7.77. The molecule has 1 fully saturated rings. The number of benzene rings is 1. The zero-order valence-electron chi connectivity index (χ0n) is 12.2. The fourth-order valence-electron chi connectivity index (χ4n) is 2.27. The summed E-state index contributed by atoms with van der Waals surface area (Å²) in [7, 11) is -3.43. The Kier molecular flexibility index (Phi) is 5.18. The highest BCUT2D eigenvalue weighted by molar-refractivity contribution is 7.89. The molecular weight excluding hydrogens is 272 g/mol. The van der Waals surface area contributed by atoms with E-state index in [1.165, 1.54) is 12.8 Å². The van der Waals surface area contributed by atoms with E-state index in [0.717, 1.165) is 18.4 Å². The second kappa shape index (κ2) is 6.70. The van der Waals surface area contributed by atoms with Crippen LogP contribution in [-0.2, 0) is 16.6 Å². The highest BCUT2D eigenvalue weighted by Crippen LogP contribution is 2.21. The lowest BCUT2D eigenvalue weighted by atomic mass is 10.2. The molecule has 0 radical (unpaired) electrons. The van der Waals surface area contributed by atoms with Crippen molar-refractivity contribution in [3.8, 4) is 0 Å². The molecule has 2 rings (SSSR count). The van der Waals surface area contributed by atoms with Crippen LogP contribution < -0.4 is 10.0 Å². The van der Waals surface area contributed by atoms with Crippen LogP contribution in [0.5, 0.6) is 0 Å². The fraction of sp³-hybridized carbons (Fsp3) is 0.600. The van der Waals surface area contributed by atoms with E-state index >= 15 is 0 Å². The summed E-state index contributed by atoms with van der Waals surface area (Å²) in [6.07, 6.45) is 4.21.